The van der Waals surface area contributed by atoms with Crippen molar-refractivity contribution in [3.05, 3.63) is 29.8 Å². The number of ether oxygens (including phenoxy) is 1. The smallest absolute Gasteiger partial charge is 0.406 e. The Bertz CT molecular complexity index is 404. The first kappa shape index (κ1) is 17.8. The van der Waals surface area contributed by atoms with E-state index in [1.807, 2.05) is 0 Å². The van der Waals surface area contributed by atoms with Gasteiger partial charge in [-0.3, -0.25) is 0 Å². The maximum atomic E-state index is 12.1. The number of nitrogens with one attached hydrogen (secondary N) is 1. The zero-order valence-electron chi connectivity index (χ0n) is 12.1. The number of halogens is 3. The average molecular weight is 305 g/mol. The van der Waals surface area contributed by atoms with Crippen LogP contribution >= 0.6 is 0 Å². The Morgan fingerprint density at radius 2 is 2.05 bits per heavy atom. The van der Waals surface area contributed by atoms with Crippen molar-refractivity contribution in [3.63, 3.8) is 0 Å². The van der Waals surface area contributed by atoms with Gasteiger partial charge in [0.05, 0.1) is 0 Å². The second-order valence-electron chi connectivity index (χ2n) is 4.99. The molecule has 1 atom stereocenters. The topological polar surface area (TPSA) is 41.5 Å². The SMILES string of the molecule is CCCC(CCO)CNCc1cccc(OC(F)(F)F)c1. The summed E-state index contributed by atoms with van der Waals surface area (Å²) >= 11 is 0. The van der Waals surface area contributed by atoms with E-state index in [4.69, 9.17) is 5.11 Å². The van der Waals surface area contributed by atoms with Crippen LogP contribution in [0.1, 0.15) is 31.7 Å². The molecule has 0 fully saturated rings. The predicted molar refractivity (Wildman–Crippen MR) is 74.9 cm³/mol. The van der Waals surface area contributed by atoms with Crippen LogP contribution in [0.25, 0.3) is 0 Å². The predicted octanol–water partition coefficient (Wildman–Crippen LogP) is 3.47. The Labute approximate surface area is 123 Å². The van der Waals surface area contributed by atoms with Crippen LogP contribution in [0, 0.1) is 5.92 Å². The van der Waals surface area contributed by atoms with Crippen LogP contribution in [-0.2, 0) is 6.54 Å². The molecule has 1 unspecified atom stereocenters. The molecule has 0 aliphatic carbocycles. The minimum Gasteiger partial charge on any atom is -0.406 e. The van der Waals surface area contributed by atoms with Crippen LogP contribution in [0.4, 0.5) is 13.2 Å². The Kier molecular flexibility index (Phi) is 7.53. The lowest BCUT2D eigenvalue weighted by Crippen LogP contribution is -2.23. The van der Waals surface area contributed by atoms with Gasteiger partial charge in [0.1, 0.15) is 5.75 Å². The standard InChI is InChI=1S/C15H22F3NO2/c1-2-4-12(7-8-20)10-19-11-13-5-3-6-14(9-13)21-15(16,17)18/h3,5-6,9,12,19-20H,2,4,7-8,10-11H2,1H3. The van der Waals surface area contributed by atoms with E-state index in [-0.39, 0.29) is 12.4 Å². The fourth-order valence-electron chi connectivity index (χ4n) is 2.21. The minimum absolute atomic E-state index is 0.154. The van der Waals surface area contributed by atoms with Crippen molar-refractivity contribution in [1.29, 1.82) is 0 Å². The quantitative estimate of drug-likeness (QED) is 0.734. The van der Waals surface area contributed by atoms with E-state index >= 15 is 0 Å². The van der Waals surface area contributed by atoms with E-state index in [2.05, 4.69) is 17.0 Å². The van der Waals surface area contributed by atoms with Crippen molar-refractivity contribution in [2.24, 2.45) is 5.92 Å². The monoisotopic (exact) mass is 305 g/mol. The molecule has 0 aromatic heterocycles. The summed E-state index contributed by atoms with van der Waals surface area (Å²) in [5.74, 6) is 0.178. The molecule has 2 N–H and O–H groups in total. The second kappa shape index (κ2) is 8.89. The fourth-order valence-corrected chi connectivity index (χ4v) is 2.21. The number of hydrogen-bond acceptors (Lipinski definition) is 3. The molecule has 0 radical (unpaired) electrons. The van der Waals surface area contributed by atoms with Crippen molar-refractivity contribution < 1.29 is 23.0 Å². The Balaban J connectivity index is 2.46. The maximum Gasteiger partial charge on any atom is 0.573 e. The Morgan fingerprint density at radius 1 is 1.29 bits per heavy atom. The summed E-state index contributed by atoms with van der Waals surface area (Å²) in [5.41, 5.74) is 0.732. The van der Waals surface area contributed by atoms with Gasteiger partial charge in [-0.2, -0.15) is 0 Å². The highest BCUT2D eigenvalue weighted by Gasteiger charge is 2.31. The van der Waals surface area contributed by atoms with Crippen LogP contribution in [0.3, 0.4) is 0 Å². The summed E-state index contributed by atoms with van der Waals surface area (Å²) in [6.07, 6.45) is -1.87. The fraction of sp³-hybridized carbons (Fsp3) is 0.600. The molecular weight excluding hydrogens is 283 g/mol. The normalized spacial score (nSPS) is 13.2. The highest BCUT2D eigenvalue weighted by atomic mass is 19.4. The molecular formula is C15H22F3NO2. The van der Waals surface area contributed by atoms with Crippen molar-refractivity contribution in [2.75, 3.05) is 13.2 Å². The lowest BCUT2D eigenvalue weighted by atomic mass is 10.0. The van der Waals surface area contributed by atoms with Gasteiger partial charge in [0.2, 0.25) is 0 Å². The van der Waals surface area contributed by atoms with Gasteiger partial charge < -0.3 is 15.2 Å². The molecule has 21 heavy (non-hydrogen) atoms. The third kappa shape index (κ3) is 7.92. The molecule has 6 heteroatoms. The molecule has 1 aromatic carbocycles. The summed E-state index contributed by atoms with van der Waals surface area (Å²) in [6.45, 7) is 3.45. The summed E-state index contributed by atoms with van der Waals surface area (Å²) in [7, 11) is 0. The van der Waals surface area contributed by atoms with Gasteiger partial charge in [-0.25, -0.2) is 0 Å². The van der Waals surface area contributed by atoms with Gasteiger partial charge in [0.15, 0.2) is 0 Å². The first-order chi connectivity index (χ1) is 9.94. The molecule has 3 nitrogen and oxygen atoms in total. The molecule has 0 saturated carbocycles. The third-order valence-electron chi connectivity index (χ3n) is 3.13. The van der Waals surface area contributed by atoms with Gasteiger partial charge in [0.25, 0.3) is 0 Å². The van der Waals surface area contributed by atoms with Crippen LogP contribution < -0.4 is 10.1 Å². The summed E-state index contributed by atoms with van der Waals surface area (Å²) in [6, 6.07) is 5.94. The lowest BCUT2D eigenvalue weighted by molar-refractivity contribution is -0.274. The average Bonchev–Trinajstić information content (AvgIpc) is 2.37. The maximum absolute atomic E-state index is 12.1. The van der Waals surface area contributed by atoms with Crippen molar-refractivity contribution in [1.82, 2.24) is 5.32 Å². The van der Waals surface area contributed by atoms with Gasteiger partial charge in [-0.05, 0) is 43.0 Å². The molecule has 0 saturated heterocycles. The van der Waals surface area contributed by atoms with Crippen molar-refractivity contribution >= 4 is 0 Å². The van der Waals surface area contributed by atoms with Gasteiger partial charge in [-0.1, -0.05) is 25.5 Å². The van der Waals surface area contributed by atoms with Crippen LogP contribution in [-0.4, -0.2) is 24.6 Å². The molecule has 120 valence electrons. The molecule has 0 spiro atoms. The molecule has 0 bridgehead atoms. The van der Waals surface area contributed by atoms with Crippen molar-refractivity contribution in [3.8, 4) is 5.75 Å². The number of hydrogen-bond donors (Lipinski definition) is 2. The molecule has 0 heterocycles. The van der Waals surface area contributed by atoms with E-state index in [1.54, 1.807) is 6.07 Å². The van der Waals surface area contributed by atoms with Crippen molar-refractivity contribution in [2.45, 2.75) is 39.1 Å². The summed E-state index contributed by atoms with van der Waals surface area (Å²) < 4.78 is 40.3. The first-order valence-corrected chi connectivity index (χ1v) is 7.11. The van der Waals surface area contributed by atoms with E-state index in [0.717, 1.165) is 31.4 Å². The van der Waals surface area contributed by atoms with E-state index in [1.165, 1.54) is 18.2 Å². The molecule has 0 aliphatic heterocycles. The number of aliphatic hydroxyl groups is 1. The lowest BCUT2D eigenvalue weighted by Gasteiger charge is -2.16. The van der Waals surface area contributed by atoms with Gasteiger partial charge in [-0.15, -0.1) is 13.2 Å². The minimum atomic E-state index is -4.67. The van der Waals surface area contributed by atoms with Gasteiger partial charge in [0, 0.05) is 13.2 Å². The van der Waals surface area contributed by atoms with Crippen LogP contribution in [0.5, 0.6) is 5.75 Å². The molecule has 0 amide bonds. The Morgan fingerprint density at radius 3 is 2.67 bits per heavy atom. The first-order valence-electron chi connectivity index (χ1n) is 7.11. The number of alkyl halides is 3. The second-order valence-corrected chi connectivity index (χ2v) is 4.99. The van der Waals surface area contributed by atoms with E-state index < -0.39 is 6.36 Å². The van der Waals surface area contributed by atoms with E-state index in [9.17, 15) is 13.2 Å². The number of rotatable bonds is 9. The largest absolute Gasteiger partial charge is 0.573 e. The molecule has 1 rings (SSSR count). The number of aliphatic hydroxyl groups excluding tert-OH is 1. The molecule has 1 aromatic rings. The zero-order chi connectivity index (χ0) is 15.7. The summed E-state index contributed by atoms with van der Waals surface area (Å²) in [5, 5.41) is 12.2. The highest BCUT2D eigenvalue weighted by molar-refractivity contribution is 5.28. The summed E-state index contributed by atoms with van der Waals surface area (Å²) in [4.78, 5) is 0. The molecule has 0 aliphatic rings. The zero-order valence-corrected chi connectivity index (χ0v) is 12.1. The Hall–Kier alpha value is -1.27. The van der Waals surface area contributed by atoms with Crippen LogP contribution in [0.2, 0.25) is 0 Å². The highest BCUT2D eigenvalue weighted by Crippen LogP contribution is 2.23. The van der Waals surface area contributed by atoms with Gasteiger partial charge >= 0.3 is 6.36 Å². The third-order valence-corrected chi connectivity index (χ3v) is 3.13. The van der Waals surface area contributed by atoms with E-state index in [0.29, 0.717) is 12.5 Å². The van der Waals surface area contributed by atoms with Crippen LogP contribution in [0.15, 0.2) is 24.3 Å². The number of benzene rings is 1.